The van der Waals surface area contributed by atoms with Gasteiger partial charge in [0.05, 0.1) is 12.1 Å². The van der Waals surface area contributed by atoms with Crippen LogP contribution in [0.15, 0.2) is 4.99 Å². The van der Waals surface area contributed by atoms with Gasteiger partial charge in [-0.15, -0.1) is 0 Å². The SMILES string of the molecule is CCC(C)NC(N)=NC1CC2OCCCC12. The van der Waals surface area contributed by atoms with Crippen LogP contribution in [0.4, 0.5) is 0 Å². The maximum Gasteiger partial charge on any atom is 0.189 e. The Kier molecular flexibility index (Phi) is 3.69. The smallest absolute Gasteiger partial charge is 0.189 e. The summed E-state index contributed by atoms with van der Waals surface area (Å²) >= 11 is 0. The zero-order valence-electron chi connectivity index (χ0n) is 10.3. The predicted molar refractivity (Wildman–Crippen MR) is 65.4 cm³/mol. The van der Waals surface area contributed by atoms with Crippen molar-refractivity contribution in [1.82, 2.24) is 5.32 Å². The van der Waals surface area contributed by atoms with Crippen LogP contribution >= 0.6 is 0 Å². The summed E-state index contributed by atoms with van der Waals surface area (Å²) in [5.74, 6) is 1.22. The lowest BCUT2D eigenvalue weighted by molar-refractivity contribution is -0.0938. The first-order valence-electron chi connectivity index (χ1n) is 6.42. The topological polar surface area (TPSA) is 59.6 Å². The molecule has 1 heterocycles. The van der Waals surface area contributed by atoms with E-state index in [2.05, 4.69) is 24.2 Å². The van der Waals surface area contributed by atoms with Gasteiger partial charge in [-0.25, -0.2) is 4.99 Å². The highest BCUT2D eigenvalue weighted by molar-refractivity contribution is 5.78. The molecule has 2 aliphatic rings. The van der Waals surface area contributed by atoms with Crippen LogP contribution in [-0.4, -0.2) is 30.8 Å². The van der Waals surface area contributed by atoms with Crippen molar-refractivity contribution in [1.29, 1.82) is 0 Å². The number of guanidine groups is 1. The van der Waals surface area contributed by atoms with E-state index in [9.17, 15) is 0 Å². The van der Waals surface area contributed by atoms with E-state index in [1.165, 1.54) is 12.8 Å². The van der Waals surface area contributed by atoms with Crippen LogP contribution < -0.4 is 11.1 Å². The maximum absolute atomic E-state index is 5.88. The average molecular weight is 225 g/mol. The fraction of sp³-hybridized carbons (Fsp3) is 0.917. The van der Waals surface area contributed by atoms with Gasteiger partial charge in [0.15, 0.2) is 5.96 Å². The summed E-state index contributed by atoms with van der Waals surface area (Å²) < 4.78 is 5.66. The lowest BCUT2D eigenvalue weighted by Gasteiger charge is -2.45. The molecule has 1 saturated carbocycles. The zero-order valence-corrected chi connectivity index (χ0v) is 10.3. The van der Waals surface area contributed by atoms with E-state index in [1.807, 2.05) is 0 Å². The molecule has 4 atom stereocenters. The Balaban J connectivity index is 1.83. The van der Waals surface area contributed by atoms with Crippen LogP contribution in [-0.2, 0) is 4.74 Å². The van der Waals surface area contributed by atoms with E-state index in [4.69, 9.17) is 10.5 Å². The highest BCUT2D eigenvalue weighted by Crippen LogP contribution is 2.39. The molecule has 92 valence electrons. The van der Waals surface area contributed by atoms with Crippen molar-refractivity contribution in [3.63, 3.8) is 0 Å². The number of nitrogens with one attached hydrogen (secondary N) is 1. The van der Waals surface area contributed by atoms with Gasteiger partial charge in [-0.2, -0.15) is 0 Å². The highest BCUT2D eigenvalue weighted by atomic mass is 16.5. The van der Waals surface area contributed by atoms with Crippen molar-refractivity contribution in [2.45, 2.75) is 57.7 Å². The third-order valence-electron chi connectivity index (χ3n) is 3.77. The second-order valence-corrected chi connectivity index (χ2v) is 4.99. The van der Waals surface area contributed by atoms with Crippen LogP contribution in [0.3, 0.4) is 0 Å². The molecule has 4 unspecified atom stereocenters. The standard InChI is InChI=1S/C12H23N3O/c1-3-8(2)14-12(13)15-10-7-11-9(10)5-4-6-16-11/h8-11H,3-7H2,1-2H3,(H3,13,14,15). The molecular formula is C12H23N3O. The van der Waals surface area contributed by atoms with Crippen molar-refractivity contribution in [2.24, 2.45) is 16.6 Å². The Bertz CT molecular complexity index is 267. The van der Waals surface area contributed by atoms with E-state index in [-0.39, 0.29) is 0 Å². The minimum absolute atomic E-state index is 0.391. The van der Waals surface area contributed by atoms with Gasteiger partial charge in [0.1, 0.15) is 0 Å². The number of ether oxygens (including phenoxy) is 1. The monoisotopic (exact) mass is 225 g/mol. The summed E-state index contributed by atoms with van der Waals surface area (Å²) in [5, 5.41) is 3.21. The molecule has 0 spiro atoms. The first-order valence-corrected chi connectivity index (χ1v) is 6.42. The van der Waals surface area contributed by atoms with Crippen molar-refractivity contribution in [2.75, 3.05) is 6.61 Å². The Morgan fingerprint density at radius 2 is 2.44 bits per heavy atom. The van der Waals surface area contributed by atoms with E-state index in [0.29, 0.717) is 30.1 Å². The molecule has 3 N–H and O–H groups in total. The van der Waals surface area contributed by atoms with Gasteiger partial charge in [0.2, 0.25) is 0 Å². The molecule has 0 bridgehead atoms. The number of fused-ring (bicyclic) bond motifs is 1. The summed E-state index contributed by atoms with van der Waals surface area (Å²) in [5.41, 5.74) is 5.88. The van der Waals surface area contributed by atoms with Gasteiger partial charge in [0.25, 0.3) is 0 Å². The number of rotatable bonds is 3. The van der Waals surface area contributed by atoms with Crippen molar-refractivity contribution in [3.8, 4) is 0 Å². The third-order valence-corrected chi connectivity index (χ3v) is 3.77. The number of hydrogen-bond acceptors (Lipinski definition) is 2. The van der Waals surface area contributed by atoms with Crippen LogP contribution in [0.5, 0.6) is 0 Å². The Morgan fingerprint density at radius 3 is 3.12 bits per heavy atom. The molecule has 1 aliphatic carbocycles. The number of nitrogens with zero attached hydrogens (tertiary/aromatic N) is 1. The largest absolute Gasteiger partial charge is 0.378 e. The van der Waals surface area contributed by atoms with E-state index in [0.717, 1.165) is 19.4 Å². The van der Waals surface area contributed by atoms with Crippen LogP contribution in [0.25, 0.3) is 0 Å². The molecule has 0 radical (unpaired) electrons. The van der Waals surface area contributed by atoms with Gasteiger partial charge >= 0.3 is 0 Å². The van der Waals surface area contributed by atoms with Crippen molar-refractivity contribution < 1.29 is 4.74 Å². The maximum atomic E-state index is 5.88. The second-order valence-electron chi connectivity index (χ2n) is 4.99. The van der Waals surface area contributed by atoms with Gasteiger partial charge in [-0.05, 0) is 32.6 Å². The quantitative estimate of drug-likeness (QED) is 0.561. The summed E-state index contributed by atoms with van der Waals surface area (Å²) in [4.78, 5) is 4.56. The summed E-state index contributed by atoms with van der Waals surface area (Å²) in [6.45, 7) is 5.19. The van der Waals surface area contributed by atoms with E-state index < -0.39 is 0 Å². The van der Waals surface area contributed by atoms with Gasteiger partial charge in [-0.1, -0.05) is 6.92 Å². The Labute approximate surface area is 97.6 Å². The molecule has 2 rings (SSSR count). The number of nitrogens with two attached hydrogens (primary N) is 1. The fourth-order valence-electron chi connectivity index (χ4n) is 2.48. The summed E-state index contributed by atoms with van der Waals surface area (Å²) in [6, 6.07) is 0.795. The molecule has 0 aromatic heterocycles. The average Bonchev–Trinajstić information content (AvgIpc) is 2.26. The van der Waals surface area contributed by atoms with E-state index >= 15 is 0 Å². The molecule has 0 aromatic carbocycles. The van der Waals surface area contributed by atoms with Gasteiger partial charge < -0.3 is 15.8 Å². The third kappa shape index (κ3) is 2.48. The molecule has 1 saturated heterocycles. The minimum atomic E-state index is 0.391. The van der Waals surface area contributed by atoms with Crippen LogP contribution in [0.1, 0.15) is 39.5 Å². The Morgan fingerprint density at radius 1 is 1.62 bits per heavy atom. The lowest BCUT2D eigenvalue weighted by atomic mass is 9.73. The first kappa shape index (κ1) is 11.7. The molecule has 0 amide bonds. The lowest BCUT2D eigenvalue weighted by Crippen LogP contribution is -2.50. The minimum Gasteiger partial charge on any atom is -0.378 e. The predicted octanol–water partition coefficient (Wildman–Crippen LogP) is 1.26. The molecule has 16 heavy (non-hydrogen) atoms. The number of aliphatic imine (C=N–C) groups is 1. The Hall–Kier alpha value is -0.770. The van der Waals surface area contributed by atoms with E-state index in [1.54, 1.807) is 0 Å². The molecule has 1 aliphatic heterocycles. The first-order chi connectivity index (χ1) is 7.70. The van der Waals surface area contributed by atoms with Crippen LogP contribution in [0, 0.1) is 5.92 Å². The summed E-state index contributed by atoms with van der Waals surface area (Å²) in [7, 11) is 0. The summed E-state index contributed by atoms with van der Waals surface area (Å²) in [6.07, 6.45) is 4.99. The molecule has 4 heteroatoms. The molecular weight excluding hydrogens is 202 g/mol. The van der Waals surface area contributed by atoms with Crippen molar-refractivity contribution >= 4 is 5.96 Å². The highest BCUT2D eigenvalue weighted by Gasteiger charge is 2.43. The molecule has 2 fully saturated rings. The molecule has 0 aromatic rings. The fourth-order valence-corrected chi connectivity index (χ4v) is 2.48. The second kappa shape index (κ2) is 5.04. The van der Waals surface area contributed by atoms with Crippen molar-refractivity contribution in [3.05, 3.63) is 0 Å². The number of hydrogen-bond donors (Lipinski definition) is 2. The molecule has 4 nitrogen and oxygen atoms in total. The van der Waals surface area contributed by atoms with Gasteiger partial charge in [-0.3, -0.25) is 0 Å². The zero-order chi connectivity index (χ0) is 11.5. The van der Waals surface area contributed by atoms with Crippen LogP contribution in [0.2, 0.25) is 0 Å². The normalized spacial score (nSPS) is 36.1. The van der Waals surface area contributed by atoms with Gasteiger partial charge in [0, 0.05) is 18.6 Å².